The number of hydrogen-bond acceptors (Lipinski definition) is 5. The van der Waals surface area contributed by atoms with Gasteiger partial charge in [0.05, 0.1) is 24.6 Å². The molecule has 32 heavy (non-hydrogen) atoms. The summed E-state index contributed by atoms with van der Waals surface area (Å²) in [6.07, 6.45) is 0. The number of benzene rings is 3. The van der Waals surface area contributed by atoms with E-state index in [9.17, 15) is 4.79 Å². The molecule has 6 heteroatoms. The summed E-state index contributed by atoms with van der Waals surface area (Å²) in [7, 11) is 0. The fraction of sp³-hybridized carbons (Fsp3) is 0.192. The maximum atomic E-state index is 12.8. The molecule has 0 radical (unpaired) electrons. The number of carbonyl (C=O) groups is 1. The lowest BCUT2D eigenvalue weighted by atomic mass is 10.1. The number of fused-ring (bicyclic) bond motifs is 1. The van der Waals surface area contributed by atoms with E-state index in [0.29, 0.717) is 19.0 Å². The van der Waals surface area contributed by atoms with Crippen LogP contribution in [0, 0.1) is 0 Å². The van der Waals surface area contributed by atoms with Crippen molar-refractivity contribution in [2.75, 3.05) is 36.5 Å². The average molecular weight is 428 g/mol. The van der Waals surface area contributed by atoms with Crippen molar-refractivity contribution < 1.29 is 18.7 Å². The van der Waals surface area contributed by atoms with Crippen molar-refractivity contribution >= 4 is 28.1 Å². The minimum Gasteiger partial charge on any atom is -0.486 e. The highest BCUT2D eigenvalue weighted by Gasteiger charge is 2.18. The van der Waals surface area contributed by atoms with Crippen molar-refractivity contribution in [1.29, 1.82) is 0 Å². The maximum Gasteiger partial charge on any atom is 0.291 e. The Balaban J connectivity index is 1.24. The molecule has 0 unspecified atom stereocenters. The Morgan fingerprint density at radius 2 is 1.69 bits per heavy atom. The standard InChI is InChI=1S/C26H24N2O4/c29-26(27-23-7-3-4-8-24(23)28-13-15-30-16-14-28)25-12-11-22(32-25)18-31-21-10-9-19-5-1-2-6-20(19)17-21/h1-12,17H,13-16,18H2,(H,27,29). The SMILES string of the molecule is O=C(Nc1ccccc1N1CCOCC1)c1ccc(COc2ccc3ccccc3c2)o1. The van der Waals surface area contributed by atoms with Crippen LogP contribution in [0.4, 0.5) is 11.4 Å². The van der Waals surface area contributed by atoms with Gasteiger partial charge in [-0.3, -0.25) is 4.79 Å². The Morgan fingerprint density at radius 1 is 0.906 bits per heavy atom. The third-order valence-corrected chi connectivity index (χ3v) is 5.49. The van der Waals surface area contributed by atoms with Gasteiger partial charge in [-0.15, -0.1) is 0 Å². The van der Waals surface area contributed by atoms with E-state index >= 15 is 0 Å². The predicted octanol–water partition coefficient (Wildman–Crippen LogP) is 5.10. The third-order valence-electron chi connectivity index (χ3n) is 5.49. The molecule has 5 rings (SSSR count). The lowest BCUT2D eigenvalue weighted by molar-refractivity contribution is 0.0992. The van der Waals surface area contributed by atoms with Gasteiger partial charge in [0.15, 0.2) is 5.76 Å². The number of rotatable bonds is 6. The first-order valence-electron chi connectivity index (χ1n) is 10.7. The molecular weight excluding hydrogens is 404 g/mol. The Hall–Kier alpha value is -3.77. The van der Waals surface area contributed by atoms with Gasteiger partial charge >= 0.3 is 0 Å². The topological polar surface area (TPSA) is 63.9 Å². The fourth-order valence-corrected chi connectivity index (χ4v) is 3.83. The van der Waals surface area contributed by atoms with Crippen LogP contribution in [-0.4, -0.2) is 32.2 Å². The molecule has 1 fully saturated rings. The lowest BCUT2D eigenvalue weighted by Crippen LogP contribution is -2.36. The average Bonchev–Trinajstić information content (AvgIpc) is 3.33. The van der Waals surface area contributed by atoms with Crippen molar-refractivity contribution in [2.24, 2.45) is 0 Å². The lowest BCUT2D eigenvalue weighted by Gasteiger charge is -2.30. The number of nitrogens with one attached hydrogen (secondary N) is 1. The number of ether oxygens (including phenoxy) is 2. The zero-order chi connectivity index (χ0) is 21.8. The normalized spacial score (nSPS) is 13.8. The van der Waals surface area contributed by atoms with Crippen LogP contribution in [0.3, 0.4) is 0 Å². The van der Waals surface area contributed by atoms with Crippen LogP contribution in [0.5, 0.6) is 5.75 Å². The monoisotopic (exact) mass is 428 g/mol. The van der Waals surface area contributed by atoms with E-state index in [2.05, 4.69) is 16.3 Å². The second-order valence-corrected chi connectivity index (χ2v) is 7.63. The van der Waals surface area contributed by atoms with Crippen LogP contribution >= 0.6 is 0 Å². The van der Waals surface area contributed by atoms with Crippen LogP contribution < -0.4 is 15.0 Å². The van der Waals surface area contributed by atoms with E-state index in [-0.39, 0.29) is 18.3 Å². The van der Waals surface area contributed by atoms with Crippen molar-refractivity contribution in [2.45, 2.75) is 6.61 Å². The molecular formula is C26H24N2O4. The predicted molar refractivity (Wildman–Crippen MR) is 124 cm³/mol. The molecule has 1 saturated heterocycles. The minimum absolute atomic E-state index is 0.246. The summed E-state index contributed by atoms with van der Waals surface area (Å²) >= 11 is 0. The van der Waals surface area contributed by atoms with Gasteiger partial charge in [-0.05, 0) is 47.2 Å². The van der Waals surface area contributed by atoms with E-state index in [1.807, 2.05) is 60.7 Å². The molecule has 0 spiro atoms. The molecule has 1 N–H and O–H groups in total. The molecule has 1 aliphatic heterocycles. The molecule has 1 aromatic heterocycles. The minimum atomic E-state index is -0.289. The molecule has 1 aliphatic rings. The first-order chi connectivity index (χ1) is 15.8. The smallest absolute Gasteiger partial charge is 0.291 e. The molecule has 1 amide bonds. The van der Waals surface area contributed by atoms with E-state index < -0.39 is 0 Å². The van der Waals surface area contributed by atoms with Gasteiger partial charge in [-0.25, -0.2) is 0 Å². The van der Waals surface area contributed by atoms with Crippen LogP contribution in [0.2, 0.25) is 0 Å². The van der Waals surface area contributed by atoms with Crippen LogP contribution in [0.15, 0.2) is 83.3 Å². The summed E-state index contributed by atoms with van der Waals surface area (Å²) in [5.41, 5.74) is 1.74. The Kier molecular flexibility index (Phi) is 5.77. The number of furan rings is 1. The quantitative estimate of drug-likeness (QED) is 0.463. The highest BCUT2D eigenvalue weighted by Crippen LogP contribution is 2.27. The number of amides is 1. The maximum absolute atomic E-state index is 12.8. The first kappa shape index (κ1) is 20.2. The highest BCUT2D eigenvalue weighted by molar-refractivity contribution is 6.04. The van der Waals surface area contributed by atoms with Crippen molar-refractivity contribution in [3.8, 4) is 5.75 Å². The van der Waals surface area contributed by atoms with E-state index in [4.69, 9.17) is 13.9 Å². The fourth-order valence-electron chi connectivity index (χ4n) is 3.83. The summed E-state index contributed by atoms with van der Waals surface area (Å²) in [5, 5.41) is 5.25. The number of hydrogen-bond donors (Lipinski definition) is 1. The molecule has 0 saturated carbocycles. The second-order valence-electron chi connectivity index (χ2n) is 7.63. The molecule has 0 atom stereocenters. The van der Waals surface area contributed by atoms with Crippen molar-refractivity contribution in [3.05, 3.63) is 90.4 Å². The zero-order valence-corrected chi connectivity index (χ0v) is 17.6. The van der Waals surface area contributed by atoms with Gasteiger partial charge in [-0.1, -0.05) is 42.5 Å². The molecule has 4 aromatic rings. The van der Waals surface area contributed by atoms with E-state index in [0.717, 1.165) is 41.0 Å². The highest BCUT2D eigenvalue weighted by atomic mass is 16.5. The molecule has 162 valence electrons. The summed E-state index contributed by atoms with van der Waals surface area (Å²) in [5.74, 6) is 1.30. The summed E-state index contributed by atoms with van der Waals surface area (Å²) < 4.78 is 17.0. The van der Waals surface area contributed by atoms with Crippen LogP contribution in [-0.2, 0) is 11.3 Å². The molecule has 3 aromatic carbocycles. The van der Waals surface area contributed by atoms with Gasteiger partial charge in [0.2, 0.25) is 0 Å². The number of morpholine rings is 1. The molecule has 0 bridgehead atoms. The third kappa shape index (κ3) is 4.45. The van der Waals surface area contributed by atoms with Gasteiger partial charge in [-0.2, -0.15) is 0 Å². The van der Waals surface area contributed by atoms with E-state index in [1.54, 1.807) is 12.1 Å². The van der Waals surface area contributed by atoms with Gasteiger partial charge < -0.3 is 24.1 Å². The summed E-state index contributed by atoms with van der Waals surface area (Å²) in [4.78, 5) is 15.0. The molecule has 2 heterocycles. The van der Waals surface area contributed by atoms with Gasteiger partial charge in [0, 0.05) is 13.1 Å². The summed E-state index contributed by atoms with van der Waals surface area (Å²) in [6, 6.07) is 25.3. The Labute approximate surface area is 186 Å². The van der Waals surface area contributed by atoms with Crippen molar-refractivity contribution in [3.63, 3.8) is 0 Å². The van der Waals surface area contributed by atoms with E-state index in [1.165, 1.54) is 0 Å². The Bertz CT molecular complexity index is 1230. The number of anilines is 2. The Morgan fingerprint density at radius 3 is 2.56 bits per heavy atom. The van der Waals surface area contributed by atoms with Crippen LogP contribution in [0.25, 0.3) is 10.8 Å². The first-order valence-corrected chi connectivity index (χ1v) is 10.7. The zero-order valence-electron chi connectivity index (χ0n) is 17.6. The number of nitrogens with zero attached hydrogens (tertiary/aromatic N) is 1. The largest absolute Gasteiger partial charge is 0.486 e. The second kappa shape index (κ2) is 9.16. The molecule has 0 aliphatic carbocycles. The van der Waals surface area contributed by atoms with Crippen molar-refractivity contribution in [1.82, 2.24) is 0 Å². The molecule has 6 nitrogen and oxygen atoms in total. The number of para-hydroxylation sites is 2. The van der Waals surface area contributed by atoms with Gasteiger partial charge in [0.1, 0.15) is 18.1 Å². The summed E-state index contributed by atoms with van der Waals surface area (Å²) in [6.45, 7) is 3.20. The number of carbonyl (C=O) groups excluding carboxylic acids is 1. The van der Waals surface area contributed by atoms with Gasteiger partial charge in [0.25, 0.3) is 5.91 Å². The van der Waals surface area contributed by atoms with Crippen LogP contribution in [0.1, 0.15) is 16.3 Å².